The number of ether oxygens (including phenoxy) is 1. The molecule has 3 unspecified atom stereocenters. The van der Waals surface area contributed by atoms with Crippen molar-refractivity contribution >= 4 is 29.9 Å². The molecule has 140 valence electrons. The molecule has 25 heavy (non-hydrogen) atoms. The lowest BCUT2D eigenvalue weighted by Gasteiger charge is -2.24. The summed E-state index contributed by atoms with van der Waals surface area (Å²) in [7, 11) is 1.84. The minimum atomic E-state index is 0. The van der Waals surface area contributed by atoms with Crippen molar-refractivity contribution in [2.75, 3.05) is 7.05 Å². The highest BCUT2D eigenvalue weighted by atomic mass is 127. The topological polar surface area (TPSA) is 45.7 Å². The van der Waals surface area contributed by atoms with Gasteiger partial charge in [0.25, 0.3) is 0 Å². The summed E-state index contributed by atoms with van der Waals surface area (Å²) in [5.41, 5.74) is 8.39. The molecule has 0 amide bonds. The molecule has 0 spiro atoms. The number of nitrogens with zero attached hydrogens (tertiary/aromatic N) is 1. The van der Waals surface area contributed by atoms with E-state index >= 15 is 0 Å². The van der Waals surface area contributed by atoms with Crippen LogP contribution in [0, 0.1) is 34.6 Å². The van der Waals surface area contributed by atoms with Crippen molar-refractivity contribution in [1.29, 1.82) is 0 Å². The number of hydrogen-bond donors (Lipinski definition) is 2. The summed E-state index contributed by atoms with van der Waals surface area (Å²) in [4.78, 5) is 4.41. The Morgan fingerprint density at radius 3 is 2.08 bits per heavy atom. The maximum Gasteiger partial charge on any atom is 0.191 e. The van der Waals surface area contributed by atoms with Gasteiger partial charge in [-0.2, -0.15) is 0 Å². The van der Waals surface area contributed by atoms with Gasteiger partial charge in [0, 0.05) is 13.6 Å². The third-order valence-electron chi connectivity index (χ3n) is 6.24. The van der Waals surface area contributed by atoms with Crippen molar-refractivity contribution in [2.45, 2.75) is 78.7 Å². The van der Waals surface area contributed by atoms with Crippen molar-refractivity contribution in [3.8, 4) is 0 Å². The van der Waals surface area contributed by atoms with E-state index in [9.17, 15) is 0 Å². The van der Waals surface area contributed by atoms with Crippen molar-refractivity contribution in [3.63, 3.8) is 0 Å². The Morgan fingerprint density at radius 1 is 1.00 bits per heavy atom. The fourth-order valence-corrected chi connectivity index (χ4v) is 4.17. The zero-order valence-corrected chi connectivity index (χ0v) is 18.7. The number of fused-ring (bicyclic) bond motifs is 2. The SMILES string of the molecule is CN=C(NCc1c(C)c(C)c(C)c(C)c1C)NC1CC2CCC1O2.I. The van der Waals surface area contributed by atoms with Gasteiger partial charge in [-0.1, -0.05) is 0 Å². The van der Waals surface area contributed by atoms with Crippen molar-refractivity contribution < 1.29 is 4.74 Å². The second kappa shape index (κ2) is 8.25. The van der Waals surface area contributed by atoms with E-state index in [1.54, 1.807) is 0 Å². The van der Waals surface area contributed by atoms with Crippen LogP contribution in [0.4, 0.5) is 0 Å². The highest BCUT2D eigenvalue weighted by molar-refractivity contribution is 14.0. The molecular weight excluding hydrogens is 425 g/mol. The van der Waals surface area contributed by atoms with Crippen molar-refractivity contribution in [2.24, 2.45) is 4.99 Å². The van der Waals surface area contributed by atoms with Crippen LogP contribution in [0.2, 0.25) is 0 Å². The molecule has 2 heterocycles. The highest BCUT2D eigenvalue weighted by Crippen LogP contribution is 2.34. The van der Waals surface area contributed by atoms with E-state index < -0.39 is 0 Å². The van der Waals surface area contributed by atoms with Crippen molar-refractivity contribution in [1.82, 2.24) is 10.6 Å². The molecule has 3 atom stereocenters. The Hall–Kier alpha value is -0.820. The molecule has 0 aliphatic carbocycles. The van der Waals surface area contributed by atoms with E-state index in [0.717, 1.165) is 18.9 Å². The minimum Gasteiger partial charge on any atom is -0.373 e. The van der Waals surface area contributed by atoms with Gasteiger partial charge in [-0.25, -0.2) is 0 Å². The maximum absolute atomic E-state index is 5.93. The molecule has 1 aromatic carbocycles. The Kier molecular flexibility index (Phi) is 6.76. The van der Waals surface area contributed by atoms with Crippen LogP contribution in [-0.2, 0) is 11.3 Å². The van der Waals surface area contributed by atoms with Gasteiger partial charge in [0.1, 0.15) is 0 Å². The summed E-state index contributed by atoms with van der Waals surface area (Å²) in [6.07, 6.45) is 4.31. The van der Waals surface area contributed by atoms with Crippen molar-refractivity contribution in [3.05, 3.63) is 33.4 Å². The molecule has 0 radical (unpaired) electrons. The lowest BCUT2D eigenvalue weighted by molar-refractivity contribution is 0.0992. The third-order valence-corrected chi connectivity index (χ3v) is 6.24. The zero-order valence-electron chi connectivity index (χ0n) is 16.3. The molecule has 2 saturated heterocycles. The molecule has 5 heteroatoms. The van der Waals surface area contributed by atoms with Gasteiger partial charge < -0.3 is 15.4 Å². The molecule has 2 aliphatic heterocycles. The zero-order chi connectivity index (χ0) is 17.4. The minimum absolute atomic E-state index is 0. The van der Waals surface area contributed by atoms with E-state index in [4.69, 9.17) is 4.74 Å². The lowest BCUT2D eigenvalue weighted by Crippen LogP contribution is -2.47. The predicted molar refractivity (Wildman–Crippen MR) is 115 cm³/mol. The Balaban J connectivity index is 0.00000225. The summed E-state index contributed by atoms with van der Waals surface area (Å²) < 4.78 is 5.93. The monoisotopic (exact) mass is 457 g/mol. The standard InChI is InChI=1S/C20H31N3O.HI/c1-11-12(2)14(4)17(15(5)13(11)3)10-22-20(21-6)23-18-9-16-7-8-19(18)24-16;/h16,18-19H,7-10H2,1-6H3,(H2,21,22,23);1H. The number of nitrogens with one attached hydrogen (secondary N) is 2. The second-order valence-corrected chi connectivity index (χ2v) is 7.39. The van der Waals surface area contributed by atoms with Crippen LogP contribution in [0.25, 0.3) is 0 Å². The van der Waals surface area contributed by atoms with Crippen LogP contribution in [0.5, 0.6) is 0 Å². The quantitative estimate of drug-likeness (QED) is 0.412. The molecule has 4 nitrogen and oxygen atoms in total. The first-order chi connectivity index (χ1) is 11.4. The van der Waals surface area contributed by atoms with Gasteiger partial charge >= 0.3 is 0 Å². The van der Waals surface area contributed by atoms with Crippen LogP contribution in [0.3, 0.4) is 0 Å². The maximum atomic E-state index is 5.93. The van der Waals surface area contributed by atoms with E-state index in [2.05, 4.69) is 50.2 Å². The first-order valence-corrected chi connectivity index (χ1v) is 9.10. The second-order valence-electron chi connectivity index (χ2n) is 7.39. The fourth-order valence-electron chi connectivity index (χ4n) is 4.17. The number of rotatable bonds is 3. The molecule has 0 saturated carbocycles. The molecule has 1 aromatic rings. The Morgan fingerprint density at radius 2 is 1.60 bits per heavy atom. The van der Waals surface area contributed by atoms with Crippen LogP contribution in [-0.4, -0.2) is 31.3 Å². The molecule has 2 N–H and O–H groups in total. The number of guanidine groups is 1. The van der Waals surface area contributed by atoms with Gasteiger partial charge in [0.05, 0.1) is 18.2 Å². The van der Waals surface area contributed by atoms with Gasteiger partial charge in [-0.15, -0.1) is 24.0 Å². The molecule has 2 fully saturated rings. The van der Waals surface area contributed by atoms with E-state index in [1.165, 1.54) is 46.2 Å². The first kappa shape index (κ1) is 20.5. The van der Waals surface area contributed by atoms with Crippen LogP contribution in [0.15, 0.2) is 4.99 Å². The van der Waals surface area contributed by atoms with Crippen LogP contribution in [0.1, 0.15) is 52.6 Å². The predicted octanol–water partition coefficient (Wildman–Crippen LogP) is 3.83. The molecule has 2 bridgehead atoms. The molecule has 2 aliphatic rings. The summed E-state index contributed by atoms with van der Waals surface area (Å²) in [5.74, 6) is 0.880. The average molecular weight is 457 g/mol. The van der Waals surface area contributed by atoms with Crippen LogP contribution >= 0.6 is 24.0 Å². The lowest BCUT2D eigenvalue weighted by atomic mass is 9.89. The fraction of sp³-hybridized carbons (Fsp3) is 0.650. The molecule has 3 rings (SSSR count). The third kappa shape index (κ3) is 3.97. The van der Waals surface area contributed by atoms with Gasteiger partial charge in [0.15, 0.2) is 5.96 Å². The average Bonchev–Trinajstić information content (AvgIpc) is 3.20. The van der Waals surface area contributed by atoms with Gasteiger partial charge in [0.2, 0.25) is 0 Å². The Labute approximate surface area is 169 Å². The highest BCUT2D eigenvalue weighted by Gasteiger charge is 2.41. The summed E-state index contributed by atoms with van der Waals surface area (Å²) >= 11 is 0. The summed E-state index contributed by atoms with van der Waals surface area (Å²) in [5, 5.41) is 7.07. The van der Waals surface area contributed by atoms with Gasteiger partial charge in [-0.05, 0) is 87.3 Å². The van der Waals surface area contributed by atoms with E-state index in [0.29, 0.717) is 18.2 Å². The normalized spacial score (nSPS) is 25.0. The summed E-state index contributed by atoms with van der Waals surface area (Å²) in [6.45, 7) is 11.9. The smallest absolute Gasteiger partial charge is 0.191 e. The number of halogens is 1. The molecule has 0 aromatic heterocycles. The Bertz CT molecular complexity index is 642. The number of benzene rings is 1. The van der Waals surface area contributed by atoms with Gasteiger partial charge in [-0.3, -0.25) is 4.99 Å². The molecular formula is C20H32IN3O. The largest absolute Gasteiger partial charge is 0.373 e. The first-order valence-electron chi connectivity index (χ1n) is 9.10. The van der Waals surface area contributed by atoms with E-state index in [1.807, 2.05) is 7.05 Å². The number of hydrogen-bond acceptors (Lipinski definition) is 2. The van der Waals surface area contributed by atoms with E-state index in [-0.39, 0.29) is 24.0 Å². The number of aliphatic imine (C=N–C) groups is 1. The van der Waals surface area contributed by atoms with Crippen LogP contribution < -0.4 is 10.6 Å². The summed E-state index contributed by atoms with van der Waals surface area (Å²) in [6, 6.07) is 0.402.